The molecule has 2 aromatic carbocycles. The number of carbonyl (C=O) groups excluding carboxylic acids is 2. The first-order valence-electron chi connectivity index (χ1n) is 14.5. The number of fused-ring (bicyclic) bond motifs is 1. The Morgan fingerprint density at radius 1 is 1.20 bits per heavy atom. The average Bonchev–Trinajstić information content (AvgIpc) is 3.45. The third-order valence-electron chi connectivity index (χ3n) is 8.80. The number of likely N-dealkylation sites (tertiary alicyclic amines) is 1. The number of ether oxygens (including phenoxy) is 2. The average molecular weight is 580 g/mol. The van der Waals surface area contributed by atoms with Gasteiger partial charge in [0.2, 0.25) is 11.8 Å². The molecule has 5 atom stereocenters. The Bertz CT molecular complexity index is 1300. The summed E-state index contributed by atoms with van der Waals surface area (Å²) in [6.45, 7) is 6.29. The van der Waals surface area contributed by atoms with Gasteiger partial charge in [-0.15, -0.1) is 0 Å². The molecule has 10 heteroatoms. The molecule has 0 saturated carbocycles. The molecule has 0 aromatic heterocycles. The highest BCUT2D eigenvalue weighted by molar-refractivity contribution is 6.71. The monoisotopic (exact) mass is 579 g/mol. The highest BCUT2D eigenvalue weighted by Crippen LogP contribution is 2.48. The van der Waals surface area contributed by atoms with Crippen LogP contribution in [-0.4, -0.2) is 73.1 Å². The van der Waals surface area contributed by atoms with E-state index in [-0.39, 0.29) is 48.4 Å². The summed E-state index contributed by atoms with van der Waals surface area (Å²) in [6, 6.07) is 15.3. The molecule has 1 unspecified atom stereocenters. The Labute approximate surface area is 242 Å². The van der Waals surface area contributed by atoms with Crippen molar-refractivity contribution >= 4 is 31.5 Å². The van der Waals surface area contributed by atoms with Gasteiger partial charge in [0.25, 0.3) is 0 Å². The molecular formula is C31H41N3O6Si. The van der Waals surface area contributed by atoms with Gasteiger partial charge >= 0.3 is 0 Å². The molecule has 3 heterocycles. The van der Waals surface area contributed by atoms with Crippen LogP contribution in [0.25, 0.3) is 0 Å². The van der Waals surface area contributed by atoms with Crippen molar-refractivity contribution in [1.82, 2.24) is 4.90 Å². The van der Waals surface area contributed by atoms with E-state index >= 15 is 0 Å². The van der Waals surface area contributed by atoms with E-state index in [1.807, 2.05) is 68.5 Å². The van der Waals surface area contributed by atoms with Crippen molar-refractivity contribution < 1.29 is 29.0 Å². The number of anilines is 1. The first-order valence-corrected chi connectivity index (χ1v) is 17.6. The van der Waals surface area contributed by atoms with Crippen LogP contribution < -0.4 is 9.75 Å². The van der Waals surface area contributed by atoms with Crippen LogP contribution >= 0.6 is 0 Å². The SMILES string of the molecule is CO[C@@H]1c2cc(N3N=C(c4ccccc4)CCC3=O)ccc2O[C@H](C(CC(=O)N2CCC[C@H]2CO)[Si](C)(C)O)[C@H]1C. The summed E-state index contributed by atoms with van der Waals surface area (Å²) in [5.41, 5.74) is 2.93. The predicted octanol–water partition coefficient (Wildman–Crippen LogP) is 4.24. The number of methoxy groups -OCH3 is 1. The van der Waals surface area contributed by atoms with Gasteiger partial charge in [0.05, 0.1) is 30.2 Å². The number of aliphatic hydroxyl groups excluding tert-OH is 1. The van der Waals surface area contributed by atoms with Gasteiger partial charge in [0.15, 0.2) is 8.32 Å². The van der Waals surface area contributed by atoms with Crippen LogP contribution in [0.4, 0.5) is 5.69 Å². The van der Waals surface area contributed by atoms with Gasteiger partial charge < -0.3 is 24.3 Å². The minimum absolute atomic E-state index is 0.0510. The van der Waals surface area contributed by atoms with Gasteiger partial charge in [-0.05, 0) is 49.7 Å². The molecule has 3 aliphatic rings. The van der Waals surface area contributed by atoms with E-state index < -0.39 is 14.4 Å². The van der Waals surface area contributed by atoms with Crippen LogP contribution in [0.2, 0.25) is 18.6 Å². The molecule has 2 amide bonds. The summed E-state index contributed by atoms with van der Waals surface area (Å²) < 4.78 is 12.6. The van der Waals surface area contributed by atoms with Crippen molar-refractivity contribution in [2.45, 2.75) is 75.9 Å². The zero-order valence-electron chi connectivity index (χ0n) is 24.3. The number of hydrogen-bond acceptors (Lipinski definition) is 7. The van der Waals surface area contributed by atoms with E-state index in [1.165, 1.54) is 5.01 Å². The summed E-state index contributed by atoms with van der Waals surface area (Å²) in [6.07, 6.45) is 1.97. The van der Waals surface area contributed by atoms with Crippen molar-refractivity contribution in [1.29, 1.82) is 0 Å². The second-order valence-corrected chi connectivity index (χ2v) is 16.0. The fourth-order valence-corrected chi connectivity index (χ4v) is 8.37. The number of aliphatic hydroxyl groups is 1. The number of carbonyl (C=O) groups is 2. The minimum Gasteiger partial charge on any atom is -0.490 e. The largest absolute Gasteiger partial charge is 0.490 e. The van der Waals surface area contributed by atoms with Gasteiger partial charge in [-0.1, -0.05) is 37.3 Å². The van der Waals surface area contributed by atoms with Crippen molar-refractivity contribution in [2.75, 3.05) is 25.3 Å². The van der Waals surface area contributed by atoms with E-state index in [1.54, 1.807) is 12.0 Å². The van der Waals surface area contributed by atoms with Gasteiger partial charge in [0, 0.05) is 49.9 Å². The lowest BCUT2D eigenvalue weighted by molar-refractivity contribution is -0.133. The normalized spacial score (nSPS) is 25.4. The quantitative estimate of drug-likeness (QED) is 0.453. The van der Waals surface area contributed by atoms with Crippen LogP contribution in [0.3, 0.4) is 0 Å². The van der Waals surface area contributed by atoms with Crippen LogP contribution in [0.15, 0.2) is 53.6 Å². The summed E-state index contributed by atoms with van der Waals surface area (Å²) in [7, 11) is -1.23. The lowest BCUT2D eigenvalue weighted by atomic mass is 9.86. The van der Waals surface area contributed by atoms with Crippen LogP contribution in [-0.2, 0) is 14.3 Å². The molecule has 220 valence electrons. The van der Waals surface area contributed by atoms with E-state index in [0.717, 1.165) is 29.7 Å². The number of hydrazone groups is 1. The van der Waals surface area contributed by atoms with Crippen molar-refractivity contribution in [2.24, 2.45) is 11.0 Å². The maximum atomic E-state index is 13.4. The fourth-order valence-electron chi connectivity index (χ4n) is 6.52. The van der Waals surface area contributed by atoms with Gasteiger partial charge in [-0.3, -0.25) is 9.59 Å². The Morgan fingerprint density at radius 3 is 2.63 bits per heavy atom. The molecule has 0 bridgehead atoms. The van der Waals surface area contributed by atoms with E-state index in [2.05, 4.69) is 0 Å². The molecular weight excluding hydrogens is 538 g/mol. The molecule has 5 rings (SSSR count). The number of amides is 2. The Kier molecular flexibility index (Phi) is 8.65. The second-order valence-electron chi connectivity index (χ2n) is 12.0. The van der Waals surface area contributed by atoms with Crippen LogP contribution in [0.5, 0.6) is 5.75 Å². The number of nitrogens with zero attached hydrogens (tertiary/aromatic N) is 3. The molecule has 0 aliphatic carbocycles. The molecule has 2 aromatic rings. The summed E-state index contributed by atoms with van der Waals surface area (Å²) in [5.74, 6) is 0.316. The van der Waals surface area contributed by atoms with Crippen molar-refractivity contribution in [3.8, 4) is 5.75 Å². The lowest BCUT2D eigenvalue weighted by Gasteiger charge is -2.44. The smallest absolute Gasteiger partial charge is 0.247 e. The third-order valence-corrected chi connectivity index (χ3v) is 11.2. The first-order chi connectivity index (χ1) is 19.6. The first kappa shape index (κ1) is 29.4. The second kappa shape index (κ2) is 12.0. The highest BCUT2D eigenvalue weighted by Gasteiger charge is 2.48. The third kappa shape index (κ3) is 5.97. The topological polar surface area (TPSA) is 112 Å². The summed E-state index contributed by atoms with van der Waals surface area (Å²) in [5, 5.41) is 15.9. The summed E-state index contributed by atoms with van der Waals surface area (Å²) >= 11 is 0. The summed E-state index contributed by atoms with van der Waals surface area (Å²) in [4.78, 5) is 39.5. The van der Waals surface area contributed by atoms with Crippen molar-refractivity contribution in [3.63, 3.8) is 0 Å². The van der Waals surface area contributed by atoms with E-state index in [4.69, 9.17) is 14.6 Å². The molecule has 0 radical (unpaired) electrons. The fraction of sp³-hybridized carbons (Fsp3) is 0.516. The molecule has 3 aliphatic heterocycles. The molecule has 1 saturated heterocycles. The minimum atomic E-state index is -2.87. The molecule has 1 fully saturated rings. The zero-order chi connectivity index (χ0) is 29.3. The number of benzene rings is 2. The zero-order valence-corrected chi connectivity index (χ0v) is 25.3. The highest BCUT2D eigenvalue weighted by atomic mass is 28.4. The molecule has 2 N–H and O–H groups in total. The van der Waals surface area contributed by atoms with Gasteiger partial charge in [-0.25, -0.2) is 5.01 Å². The molecule has 41 heavy (non-hydrogen) atoms. The number of hydrogen-bond donors (Lipinski definition) is 2. The maximum absolute atomic E-state index is 13.4. The molecule has 0 spiro atoms. The molecule has 9 nitrogen and oxygen atoms in total. The van der Waals surface area contributed by atoms with Crippen LogP contribution in [0, 0.1) is 5.92 Å². The standard InChI is InChI=1S/C31H41N3O6Si/c1-20-30(39-2)24-17-22(34-28(36)15-13-25(32-34)21-9-6-5-7-10-21)12-14-26(24)40-31(20)27(41(3,4)38)18-29(37)33-16-8-11-23(33)19-35/h5-7,9-10,12,14,17,20,23,27,30-31,35,38H,8,11,13,15-16,18-19H2,1-4H3/t20-,23-,27?,30-,31-/m0/s1. The number of rotatable bonds is 8. The lowest BCUT2D eigenvalue weighted by Crippen LogP contribution is -2.50. The Hall–Kier alpha value is -3.05. The van der Waals surface area contributed by atoms with Gasteiger partial charge in [-0.2, -0.15) is 5.10 Å². The van der Waals surface area contributed by atoms with Crippen LogP contribution in [0.1, 0.15) is 56.3 Å². The Balaban J connectivity index is 1.43. The van der Waals surface area contributed by atoms with Gasteiger partial charge in [0.1, 0.15) is 11.9 Å². The predicted molar refractivity (Wildman–Crippen MR) is 159 cm³/mol. The van der Waals surface area contributed by atoms with Crippen molar-refractivity contribution in [3.05, 3.63) is 59.7 Å². The maximum Gasteiger partial charge on any atom is 0.247 e. The Morgan fingerprint density at radius 2 is 1.95 bits per heavy atom. The van der Waals surface area contributed by atoms with E-state index in [9.17, 15) is 19.5 Å². The van der Waals surface area contributed by atoms with E-state index in [0.29, 0.717) is 30.8 Å².